The fourth-order valence-corrected chi connectivity index (χ4v) is 3.16. The minimum atomic E-state index is -0.960. The summed E-state index contributed by atoms with van der Waals surface area (Å²) >= 11 is 0. The van der Waals surface area contributed by atoms with Gasteiger partial charge in [0.15, 0.2) is 0 Å². The number of hydrogen-bond acceptors (Lipinski definition) is 4. The van der Waals surface area contributed by atoms with Crippen molar-refractivity contribution in [1.82, 2.24) is 4.90 Å². The second-order valence-electron chi connectivity index (χ2n) is 4.78. The van der Waals surface area contributed by atoms with Gasteiger partial charge in [0.1, 0.15) is 12.4 Å². The lowest BCUT2D eigenvalue weighted by molar-refractivity contribution is -0.131. The van der Waals surface area contributed by atoms with Crippen LogP contribution in [0.25, 0.3) is 6.08 Å². The number of aliphatic carboxylic acids is 1. The lowest BCUT2D eigenvalue weighted by Gasteiger charge is -2.25. The Kier molecular flexibility index (Phi) is 5.95. The Morgan fingerprint density at radius 3 is 2.57 bits per heavy atom. The van der Waals surface area contributed by atoms with Gasteiger partial charge in [0.2, 0.25) is 0 Å². The Morgan fingerprint density at radius 1 is 1.29 bits per heavy atom. The van der Waals surface area contributed by atoms with E-state index in [2.05, 4.69) is 4.90 Å². The van der Waals surface area contributed by atoms with E-state index >= 15 is 0 Å². The van der Waals surface area contributed by atoms with Gasteiger partial charge >= 0.3 is 5.97 Å². The van der Waals surface area contributed by atoms with Crippen molar-refractivity contribution in [2.24, 2.45) is 0 Å². The summed E-state index contributed by atoms with van der Waals surface area (Å²) in [5.74, 6) is 1.32. The van der Waals surface area contributed by atoms with Crippen LogP contribution in [0.15, 0.2) is 30.3 Å². The van der Waals surface area contributed by atoms with Crippen LogP contribution < -0.4 is 4.74 Å². The smallest absolute Gasteiger partial charge is 0.328 e. The lowest BCUT2D eigenvalue weighted by atomic mass is 10.2. The second-order valence-corrected chi connectivity index (χ2v) is 6.47. The Labute approximate surface area is 126 Å². The quantitative estimate of drug-likeness (QED) is 0.801. The van der Waals surface area contributed by atoms with Crippen molar-refractivity contribution in [2.45, 2.75) is 0 Å². The average molecular weight is 309 g/mol. The SMILES string of the molecule is O=C(O)C=Cc1ccc(OCCN2CCS(=O)CC2)cc1. The Morgan fingerprint density at radius 2 is 1.95 bits per heavy atom. The number of ether oxygens (including phenoxy) is 1. The third kappa shape index (κ3) is 5.69. The van der Waals surface area contributed by atoms with E-state index in [1.165, 1.54) is 0 Å². The number of carbonyl (C=O) groups is 1. The van der Waals surface area contributed by atoms with Gasteiger partial charge in [-0.05, 0) is 23.8 Å². The number of nitrogens with zero attached hydrogens (tertiary/aromatic N) is 1. The Bertz CT molecular complexity index is 517. The molecule has 1 fully saturated rings. The first-order valence-corrected chi connectivity index (χ1v) is 8.33. The van der Waals surface area contributed by atoms with Crippen LogP contribution in [0.2, 0.25) is 0 Å². The van der Waals surface area contributed by atoms with Gasteiger partial charge in [-0.1, -0.05) is 12.1 Å². The Hall–Kier alpha value is -1.66. The molecule has 0 unspecified atom stereocenters. The highest BCUT2D eigenvalue weighted by Crippen LogP contribution is 2.13. The molecule has 21 heavy (non-hydrogen) atoms. The van der Waals surface area contributed by atoms with Gasteiger partial charge in [-0.2, -0.15) is 0 Å². The first kappa shape index (κ1) is 15.7. The molecule has 0 aromatic heterocycles. The van der Waals surface area contributed by atoms with Crippen LogP contribution >= 0.6 is 0 Å². The van der Waals surface area contributed by atoms with Crippen LogP contribution in [0.4, 0.5) is 0 Å². The van der Waals surface area contributed by atoms with E-state index in [-0.39, 0.29) is 0 Å². The summed E-state index contributed by atoms with van der Waals surface area (Å²) in [5, 5.41) is 8.55. The summed E-state index contributed by atoms with van der Waals surface area (Å²) in [5.41, 5.74) is 0.822. The maximum Gasteiger partial charge on any atom is 0.328 e. The standard InChI is InChI=1S/C15H19NO4S/c17-15(18)6-3-13-1-4-14(5-2-13)20-10-7-16-8-11-21(19)12-9-16/h1-6H,7-12H2,(H,17,18). The zero-order valence-corrected chi connectivity index (χ0v) is 12.6. The van der Waals surface area contributed by atoms with Crippen LogP contribution in [-0.2, 0) is 15.6 Å². The van der Waals surface area contributed by atoms with E-state index in [0.717, 1.165) is 48.5 Å². The number of hydrogen-bond donors (Lipinski definition) is 1. The molecular formula is C15H19NO4S. The number of rotatable bonds is 6. The molecule has 1 aromatic carbocycles. The van der Waals surface area contributed by atoms with Crippen LogP contribution in [0.3, 0.4) is 0 Å². The van der Waals surface area contributed by atoms with Gasteiger partial charge in [0, 0.05) is 48.0 Å². The highest BCUT2D eigenvalue weighted by Gasteiger charge is 2.14. The molecule has 0 bridgehead atoms. The summed E-state index contributed by atoms with van der Waals surface area (Å²) in [7, 11) is -0.641. The fourth-order valence-electron chi connectivity index (χ4n) is 2.03. The molecule has 6 heteroatoms. The van der Waals surface area contributed by atoms with Crippen LogP contribution in [0, 0.1) is 0 Å². The van der Waals surface area contributed by atoms with Crippen molar-refractivity contribution in [3.05, 3.63) is 35.9 Å². The fraction of sp³-hybridized carbons (Fsp3) is 0.400. The van der Waals surface area contributed by atoms with Crippen molar-refractivity contribution >= 4 is 22.8 Å². The highest BCUT2D eigenvalue weighted by atomic mass is 32.2. The van der Waals surface area contributed by atoms with E-state index in [4.69, 9.17) is 9.84 Å². The van der Waals surface area contributed by atoms with Gasteiger partial charge < -0.3 is 9.84 Å². The summed E-state index contributed by atoms with van der Waals surface area (Å²) in [6, 6.07) is 7.29. The van der Waals surface area contributed by atoms with Crippen molar-refractivity contribution in [3.8, 4) is 5.75 Å². The predicted octanol–water partition coefficient (Wildman–Crippen LogP) is 1.23. The molecule has 0 amide bonds. The number of carboxylic acids is 1. The van der Waals surface area contributed by atoms with Gasteiger partial charge in [-0.15, -0.1) is 0 Å². The van der Waals surface area contributed by atoms with Crippen LogP contribution in [-0.4, -0.2) is 57.9 Å². The van der Waals surface area contributed by atoms with E-state index in [9.17, 15) is 9.00 Å². The summed E-state index contributed by atoms with van der Waals surface area (Å²) < 4.78 is 16.9. The normalized spacial score (nSPS) is 17.1. The first-order chi connectivity index (χ1) is 10.1. The molecule has 1 aliphatic rings. The maximum absolute atomic E-state index is 11.2. The molecule has 1 N–H and O–H groups in total. The van der Waals surface area contributed by atoms with Gasteiger partial charge in [0.05, 0.1) is 0 Å². The second kappa shape index (κ2) is 7.95. The van der Waals surface area contributed by atoms with E-state index in [1.54, 1.807) is 6.08 Å². The molecule has 1 aliphatic heterocycles. The molecule has 0 saturated carbocycles. The molecule has 5 nitrogen and oxygen atoms in total. The minimum absolute atomic E-state index is 0.594. The molecule has 0 atom stereocenters. The lowest BCUT2D eigenvalue weighted by Crippen LogP contribution is -2.39. The average Bonchev–Trinajstić information content (AvgIpc) is 2.48. The van der Waals surface area contributed by atoms with E-state index < -0.39 is 16.8 Å². The summed E-state index contributed by atoms with van der Waals surface area (Å²) in [6.07, 6.45) is 2.65. The van der Waals surface area contributed by atoms with Crippen molar-refractivity contribution in [1.29, 1.82) is 0 Å². The van der Waals surface area contributed by atoms with Crippen molar-refractivity contribution in [3.63, 3.8) is 0 Å². The van der Waals surface area contributed by atoms with Gasteiger partial charge in [0.25, 0.3) is 0 Å². The zero-order valence-electron chi connectivity index (χ0n) is 11.7. The largest absolute Gasteiger partial charge is 0.492 e. The maximum atomic E-state index is 11.2. The molecule has 0 radical (unpaired) electrons. The van der Waals surface area contributed by atoms with Gasteiger partial charge in [-0.25, -0.2) is 4.79 Å². The molecule has 1 saturated heterocycles. The monoisotopic (exact) mass is 309 g/mol. The van der Waals surface area contributed by atoms with Crippen molar-refractivity contribution < 1.29 is 18.8 Å². The third-order valence-electron chi connectivity index (χ3n) is 3.25. The zero-order chi connectivity index (χ0) is 15.1. The van der Waals surface area contributed by atoms with Crippen LogP contribution in [0.1, 0.15) is 5.56 Å². The third-order valence-corrected chi connectivity index (χ3v) is 4.52. The number of benzene rings is 1. The first-order valence-electron chi connectivity index (χ1n) is 6.85. The Balaban J connectivity index is 1.73. The molecule has 1 aromatic rings. The minimum Gasteiger partial charge on any atom is -0.492 e. The highest BCUT2D eigenvalue weighted by molar-refractivity contribution is 7.85. The van der Waals surface area contributed by atoms with E-state index in [1.807, 2.05) is 24.3 Å². The molecule has 0 spiro atoms. The van der Waals surface area contributed by atoms with Gasteiger partial charge in [-0.3, -0.25) is 9.11 Å². The summed E-state index contributed by atoms with van der Waals surface area (Å²) in [6.45, 7) is 3.17. The summed E-state index contributed by atoms with van der Waals surface area (Å²) in [4.78, 5) is 12.7. The topological polar surface area (TPSA) is 66.8 Å². The predicted molar refractivity (Wildman–Crippen MR) is 82.9 cm³/mol. The number of carboxylic acid groups (broad SMARTS) is 1. The molecule has 1 heterocycles. The molecule has 0 aliphatic carbocycles. The molecule has 2 rings (SSSR count). The van der Waals surface area contributed by atoms with E-state index in [0.29, 0.717) is 6.61 Å². The van der Waals surface area contributed by atoms with Crippen molar-refractivity contribution in [2.75, 3.05) is 37.7 Å². The molecular weight excluding hydrogens is 290 g/mol. The van der Waals surface area contributed by atoms with Crippen LogP contribution in [0.5, 0.6) is 5.75 Å². The molecule has 114 valence electrons.